The largest absolute Gasteiger partial charge is 0.352 e. The average Bonchev–Trinajstić information content (AvgIpc) is 2.80. The molecule has 0 spiro atoms. The third-order valence-electron chi connectivity index (χ3n) is 2.24. The van der Waals surface area contributed by atoms with Gasteiger partial charge in [0.05, 0.1) is 0 Å². The van der Waals surface area contributed by atoms with Crippen molar-refractivity contribution in [2.24, 2.45) is 0 Å². The SMILES string of the molecule is O=C(NCCc1ncn[nH]1)c1cc(Cl)cc(Br)c1. The van der Waals surface area contributed by atoms with Gasteiger partial charge in [-0.05, 0) is 18.2 Å². The van der Waals surface area contributed by atoms with E-state index in [2.05, 4.69) is 36.4 Å². The van der Waals surface area contributed by atoms with Crippen molar-refractivity contribution >= 4 is 33.4 Å². The quantitative estimate of drug-likeness (QED) is 0.903. The van der Waals surface area contributed by atoms with E-state index >= 15 is 0 Å². The van der Waals surface area contributed by atoms with Crippen molar-refractivity contribution in [3.8, 4) is 0 Å². The van der Waals surface area contributed by atoms with Crippen LogP contribution in [0.4, 0.5) is 0 Å². The molecule has 0 saturated heterocycles. The van der Waals surface area contributed by atoms with Crippen LogP contribution in [0.15, 0.2) is 29.0 Å². The number of hydrogen-bond acceptors (Lipinski definition) is 3. The molecule has 0 aliphatic carbocycles. The molecule has 2 rings (SSSR count). The molecule has 0 radical (unpaired) electrons. The minimum atomic E-state index is -0.169. The van der Waals surface area contributed by atoms with E-state index < -0.39 is 0 Å². The highest BCUT2D eigenvalue weighted by molar-refractivity contribution is 9.10. The maximum absolute atomic E-state index is 11.8. The normalized spacial score (nSPS) is 10.3. The van der Waals surface area contributed by atoms with Gasteiger partial charge in [0.25, 0.3) is 5.91 Å². The summed E-state index contributed by atoms with van der Waals surface area (Å²) < 4.78 is 0.774. The molecule has 0 aliphatic heterocycles. The predicted octanol–water partition coefficient (Wildman–Crippen LogP) is 2.19. The van der Waals surface area contributed by atoms with Crippen LogP contribution < -0.4 is 5.32 Å². The summed E-state index contributed by atoms with van der Waals surface area (Å²) in [5, 5.41) is 9.76. The maximum Gasteiger partial charge on any atom is 0.251 e. The van der Waals surface area contributed by atoms with E-state index in [1.165, 1.54) is 6.33 Å². The number of carbonyl (C=O) groups is 1. The number of carbonyl (C=O) groups excluding carboxylic acids is 1. The molecular formula is C11H10BrClN4O. The summed E-state index contributed by atoms with van der Waals surface area (Å²) in [6.07, 6.45) is 2.04. The van der Waals surface area contributed by atoms with E-state index in [1.807, 2.05) is 0 Å². The monoisotopic (exact) mass is 328 g/mol. The molecule has 0 fully saturated rings. The minimum Gasteiger partial charge on any atom is -0.352 e. The lowest BCUT2D eigenvalue weighted by Crippen LogP contribution is -2.26. The van der Waals surface area contributed by atoms with Crippen LogP contribution in [0.1, 0.15) is 16.2 Å². The minimum absolute atomic E-state index is 0.169. The number of H-pyrrole nitrogens is 1. The Hall–Kier alpha value is -1.40. The summed E-state index contributed by atoms with van der Waals surface area (Å²) in [5.41, 5.74) is 0.520. The Morgan fingerprint density at radius 1 is 1.44 bits per heavy atom. The molecule has 5 nitrogen and oxygen atoms in total. The zero-order valence-corrected chi connectivity index (χ0v) is 11.6. The predicted molar refractivity (Wildman–Crippen MR) is 71.6 cm³/mol. The lowest BCUT2D eigenvalue weighted by atomic mass is 10.2. The molecule has 7 heteroatoms. The van der Waals surface area contributed by atoms with Crippen LogP contribution in [0.3, 0.4) is 0 Å². The van der Waals surface area contributed by atoms with Crippen LogP contribution in [0.5, 0.6) is 0 Å². The van der Waals surface area contributed by atoms with Gasteiger partial charge in [0, 0.05) is 28.0 Å². The number of hydrogen-bond donors (Lipinski definition) is 2. The van der Waals surface area contributed by atoms with Crippen LogP contribution >= 0.6 is 27.5 Å². The van der Waals surface area contributed by atoms with Gasteiger partial charge in [-0.1, -0.05) is 27.5 Å². The summed E-state index contributed by atoms with van der Waals surface area (Å²) in [6.45, 7) is 0.484. The van der Waals surface area contributed by atoms with Crippen LogP contribution in [-0.4, -0.2) is 27.6 Å². The Balaban J connectivity index is 1.91. The fourth-order valence-electron chi connectivity index (χ4n) is 1.43. The average molecular weight is 330 g/mol. The number of aromatic nitrogens is 3. The van der Waals surface area contributed by atoms with E-state index in [4.69, 9.17) is 11.6 Å². The van der Waals surface area contributed by atoms with E-state index in [0.717, 1.165) is 10.3 Å². The summed E-state index contributed by atoms with van der Waals surface area (Å²) in [7, 11) is 0. The highest BCUT2D eigenvalue weighted by Gasteiger charge is 2.07. The molecule has 0 aliphatic rings. The molecule has 0 unspecified atom stereocenters. The first-order chi connectivity index (χ1) is 8.65. The van der Waals surface area contributed by atoms with Crippen molar-refractivity contribution in [2.75, 3.05) is 6.54 Å². The van der Waals surface area contributed by atoms with Gasteiger partial charge in [0.2, 0.25) is 0 Å². The lowest BCUT2D eigenvalue weighted by molar-refractivity contribution is 0.0954. The third kappa shape index (κ3) is 3.54. The first-order valence-electron chi connectivity index (χ1n) is 5.23. The fraction of sp³-hybridized carbons (Fsp3) is 0.182. The van der Waals surface area contributed by atoms with Crippen molar-refractivity contribution in [3.63, 3.8) is 0 Å². The molecule has 1 aromatic heterocycles. The number of halogens is 2. The van der Waals surface area contributed by atoms with Gasteiger partial charge >= 0.3 is 0 Å². The van der Waals surface area contributed by atoms with Gasteiger partial charge in [0.1, 0.15) is 12.2 Å². The van der Waals surface area contributed by atoms with Gasteiger partial charge in [-0.2, -0.15) is 5.10 Å². The molecule has 0 bridgehead atoms. The van der Waals surface area contributed by atoms with Crippen molar-refractivity contribution in [1.29, 1.82) is 0 Å². The zero-order valence-electron chi connectivity index (χ0n) is 9.28. The highest BCUT2D eigenvalue weighted by Crippen LogP contribution is 2.19. The molecule has 2 aromatic rings. The van der Waals surface area contributed by atoms with Gasteiger partial charge in [-0.25, -0.2) is 4.98 Å². The molecule has 0 saturated carbocycles. The Morgan fingerprint density at radius 3 is 2.94 bits per heavy atom. The van der Waals surface area contributed by atoms with Gasteiger partial charge in [0.15, 0.2) is 0 Å². The fourth-order valence-corrected chi connectivity index (χ4v) is 2.29. The Bertz CT molecular complexity index is 524. The smallest absolute Gasteiger partial charge is 0.251 e. The maximum atomic E-state index is 11.8. The topological polar surface area (TPSA) is 70.7 Å². The van der Waals surface area contributed by atoms with Crippen LogP contribution in [0.25, 0.3) is 0 Å². The Morgan fingerprint density at radius 2 is 2.28 bits per heavy atom. The van der Waals surface area contributed by atoms with Crippen molar-refractivity contribution in [1.82, 2.24) is 20.5 Å². The van der Waals surface area contributed by atoms with Gasteiger partial charge in [-0.15, -0.1) is 0 Å². The van der Waals surface area contributed by atoms with E-state index in [-0.39, 0.29) is 5.91 Å². The third-order valence-corrected chi connectivity index (χ3v) is 2.91. The summed E-state index contributed by atoms with van der Waals surface area (Å²) >= 11 is 9.17. The highest BCUT2D eigenvalue weighted by atomic mass is 79.9. The van der Waals surface area contributed by atoms with Gasteiger partial charge in [-0.3, -0.25) is 9.89 Å². The molecule has 94 valence electrons. The number of rotatable bonds is 4. The Kier molecular flexibility index (Phi) is 4.33. The molecule has 1 amide bonds. The van der Waals surface area contributed by atoms with Crippen LogP contribution in [0.2, 0.25) is 5.02 Å². The second-order valence-corrected chi connectivity index (χ2v) is 4.95. The first kappa shape index (κ1) is 13.0. The summed E-state index contributed by atoms with van der Waals surface area (Å²) in [6, 6.07) is 5.07. The second kappa shape index (κ2) is 5.97. The number of aromatic amines is 1. The van der Waals surface area contributed by atoms with Gasteiger partial charge < -0.3 is 5.32 Å². The van der Waals surface area contributed by atoms with Crippen LogP contribution in [-0.2, 0) is 6.42 Å². The standard InChI is InChI=1S/C11H10BrClN4O/c12-8-3-7(4-9(13)5-8)11(18)14-2-1-10-15-6-16-17-10/h3-6H,1-2H2,(H,14,18)(H,15,16,17). The van der Waals surface area contributed by atoms with Crippen molar-refractivity contribution < 1.29 is 4.79 Å². The molecule has 0 atom stereocenters. The molecular weight excluding hydrogens is 320 g/mol. The van der Waals surface area contributed by atoms with E-state index in [0.29, 0.717) is 23.6 Å². The van der Waals surface area contributed by atoms with Crippen LogP contribution in [0, 0.1) is 0 Å². The van der Waals surface area contributed by atoms with Crippen molar-refractivity contribution in [3.05, 3.63) is 45.4 Å². The number of benzene rings is 1. The second-order valence-electron chi connectivity index (χ2n) is 3.60. The molecule has 1 heterocycles. The number of nitrogens with zero attached hydrogens (tertiary/aromatic N) is 2. The Labute approximate surface area is 117 Å². The number of amides is 1. The molecule has 2 N–H and O–H groups in total. The zero-order chi connectivity index (χ0) is 13.0. The lowest BCUT2D eigenvalue weighted by Gasteiger charge is -2.05. The van der Waals surface area contributed by atoms with E-state index in [1.54, 1.807) is 18.2 Å². The molecule has 18 heavy (non-hydrogen) atoms. The van der Waals surface area contributed by atoms with E-state index in [9.17, 15) is 4.79 Å². The summed E-state index contributed by atoms with van der Waals surface area (Å²) in [4.78, 5) is 15.8. The summed E-state index contributed by atoms with van der Waals surface area (Å²) in [5.74, 6) is 0.570. The first-order valence-corrected chi connectivity index (χ1v) is 6.41. The molecule has 1 aromatic carbocycles. The number of nitrogens with one attached hydrogen (secondary N) is 2. The van der Waals surface area contributed by atoms with Crippen molar-refractivity contribution in [2.45, 2.75) is 6.42 Å².